The molecular formula is C18H10F2N4O3S2. The van der Waals surface area contributed by atoms with Crippen LogP contribution < -0.4 is 5.32 Å². The molecule has 0 fully saturated rings. The molecule has 1 aromatic heterocycles. The van der Waals surface area contributed by atoms with Gasteiger partial charge in [-0.05, 0) is 29.8 Å². The van der Waals surface area contributed by atoms with Crippen molar-refractivity contribution in [1.29, 1.82) is 5.26 Å². The molecule has 0 aliphatic heterocycles. The van der Waals surface area contributed by atoms with Gasteiger partial charge in [0.25, 0.3) is 17.4 Å². The molecule has 1 N–H and O–H groups in total. The average Bonchev–Trinajstić information content (AvgIpc) is 3.07. The van der Waals surface area contributed by atoms with E-state index in [2.05, 4.69) is 10.3 Å². The van der Waals surface area contributed by atoms with Gasteiger partial charge in [-0.2, -0.15) is 14.0 Å². The van der Waals surface area contributed by atoms with Crippen molar-refractivity contribution in [2.24, 2.45) is 0 Å². The number of anilines is 1. The van der Waals surface area contributed by atoms with Crippen LogP contribution >= 0.6 is 23.1 Å². The summed E-state index contributed by atoms with van der Waals surface area (Å²) in [7, 11) is 0. The molecule has 1 heterocycles. The van der Waals surface area contributed by atoms with E-state index >= 15 is 0 Å². The minimum absolute atomic E-state index is 0.167. The van der Waals surface area contributed by atoms with Crippen LogP contribution in [0.1, 0.15) is 5.56 Å². The van der Waals surface area contributed by atoms with Crippen LogP contribution in [-0.4, -0.2) is 21.6 Å². The number of nitro benzene ring substituents is 1. The molecule has 0 aliphatic rings. The van der Waals surface area contributed by atoms with E-state index in [1.54, 1.807) is 18.2 Å². The number of nitriles is 1. The summed E-state index contributed by atoms with van der Waals surface area (Å²) in [5.74, 6) is -3.28. The van der Waals surface area contributed by atoms with Gasteiger partial charge in [-0.25, -0.2) is 4.98 Å². The highest BCUT2D eigenvalue weighted by atomic mass is 32.2. The van der Waals surface area contributed by atoms with Crippen LogP contribution in [0.2, 0.25) is 0 Å². The minimum atomic E-state index is -2.54. The maximum absolute atomic E-state index is 12.5. The Morgan fingerprint density at radius 3 is 2.83 bits per heavy atom. The molecule has 3 rings (SSSR count). The maximum Gasteiger partial charge on any atom is 0.288 e. The minimum Gasteiger partial charge on any atom is -0.297 e. The van der Waals surface area contributed by atoms with E-state index < -0.39 is 16.6 Å². The summed E-state index contributed by atoms with van der Waals surface area (Å²) in [4.78, 5) is 27.2. The van der Waals surface area contributed by atoms with E-state index in [0.29, 0.717) is 32.4 Å². The van der Waals surface area contributed by atoms with Crippen LogP contribution in [-0.2, 0) is 4.79 Å². The van der Waals surface area contributed by atoms with Gasteiger partial charge in [-0.3, -0.25) is 20.2 Å². The summed E-state index contributed by atoms with van der Waals surface area (Å²) in [5, 5.41) is 22.8. The van der Waals surface area contributed by atoms with Crippen molar-refractivity contribution in [2.75, 3.05) is 5.32 Å². The standard InChI is InChI=1S/C18H10F2N4O3S2/c19-17(20)28-13-4-5-14-15(8-13)29-18(22-14)23-16(25)11(9-21)6-10-2-1-3-12(7-10)24(26)27/h1-8,17H,(H,22,23,25). The summed E-state index contributed by atoms with van der Waals surface area (Å²) < 4.78 is 25.6. The Balaban J connectivity index is 1.81. The molecule has 0 spiro atoms. The molecule has 1 amide bonds. The van der Waals surface area contributed by atoms with Crippen LogP contribution in [0.15, 0.2) is 52.9 Å². The number of carbonyl (C=O) groups excluding carboxylic acids is 1. The molecule has 2 aromatic carbocycles. The van der Waals surface area contributed by atoms with E-state index in [1.165, 1.54) is 36.4 Å². The predicted octanol–water partition coefficient (Wildman–Crippen LogP) is 5.06. The Labute approximate surface area is 170 Å². The van der Waals surface area contributed by atoms with E-state index in [4.69, 9.17) is 0 Å². The summed E-state index contributed by atoms with van der Waals surface area (Å²) in [5.41, 5.74) is 0.410. The number of thioether (sulfide) groups is 1. The van der Waals surface area contributed by atoms with Gasteiger partial charge in [0.05, 0.1) is 15.1 Å². The number of fused-ring (bicyclic) bond motifs is 1. The number of halogens is 2. The zero-order chi connectivity index (χ0) is 21.0. The van der Waals surface area contributed by atoms with Gasteiger partial charge in [0, 0.05) is 17.0 Å². The van der Waals surface area contributed by atoms with Crippen molar-refractivity contribution < 1.29 is 18.5 Å². The number of amides is 1. The van der Waals surface area contributed by atoms with Gasteiger partial charge in [-0.1, -0.05) is 35.2 Å². The third kappa shape index (κ3) is 5.13. The third-order valence-electron chi connectivity index (χ3n) is 3.56. The Kier molecular flexibility index (Phi) is 6.16. The van der Waals surface area contributed by atoms with Crippen molar-refractivity contribution in [2.45, 2.75) is 10.7 Å². The van der Waals surface area contributed by atoms with Gasteiger partial charge in [-0.15, -0.1) is 0 Å². The van der Waals surface area contributed by atoms with Crippen LogP contribution in [0.3, 0.4) is 0 Å². The first kappa shape index (κ1) is 20.4. The smallest absolute Gasteiger partial charge is 0.288 e. The number of nitrogens with zero attached hydrogens (tertiary/aromatic N) is 3. The van der Waals surface area contributed by atoms with Crippen LogP contribution in [0, 0.1) is 21.4 Å². The fraction of sp³-hybridized carbons (Fsp3) is 0.0556. The second-order valence-corrected chi connectivity index (χ2v) is 7.60. The highest BCUT2D eigenvalue weighted by molar-refractivity contribution is 7.99. The Bertz CT molecular complexity index is 1170. The fourth-order valence-electron chi connectivity index (χ4n) is 2.34. The molecule has 3 aromatic rings. The largest absolute Gasteiger partial charge is 0.297 e. The lowest BCUT2D eigenvalue weighted by atomic mass is 10.1. The fourth-order valence-corrected chi connectivity index (χ4v) is 3.86. The molecule has 0 unspecified atom stereocenters. The van der Waals surface area contributed by atoms with Crippen molar-refractivity contribution in [3.05, 3.63) is 63.7 Å². The number of hydrogen-bond acceptors (Lipinski definition) is 7. The normalized spacial score (nSPS) is 11.4. The Morgan fingerprint density at radius 2 is 2.14 bits per heavy atom. The lowest BCUT2D eigenvalue weighted by Crippen LogP contribution is -2.13. The van der Waals surface area contributed by atoms with E-state index in [0.717, 1.165) is 11.3 Å². The Morgan fingerprint density at radius 1 is 1.34 bits per heavy atom. The third-order valence-corrected chi connectivity index (χ3v) is 5.20. The van der Waals surface area contributed by atoms with Crippen molar-refractivity contribution in [3.8, 4) is 6.07 Å². The van der Waals surface area contributed by atoms with Crippen LogP contribution in [0.25, 0.3) is 16.3 Å². The average molecular weight is 432 g/mol. The topological polar surface area (TPSA) is 109 Å². The molecule has 0 radical (unpaired) electrons. The Hall–Kier alpha value is -3.36. The molecule has 0 saturated carbocycles. The summed E-state index contributed by atoms with van der Waals surface area (Å²) in [6.07, 6.45) is 1.23. The molecule has 29 heavy (non-hydrogen) atoms. The molecular weight excluding hydrogens is 422 g/mol. The summed E-state index contributed by atoms with van der Waals surface area (Å²) >= 11 is 1.49. The van der Waals surface area contributed by atoms with Gasteiger partial charge in [0.1, 0.15) is 11.6 Å². The van der Waals surface area contributed by atoms with Gasteiger partial charge < -0.3 is 0 Å². The van der Waals surface area contributed by atoms with Crippen molar-refractivity contribution in [1.82, 2.24) is 4.98 Å². The van der Waals surface area contributed by atoms with Crippen LogP contribution in [0.5, 0.6) is 0 Å². The first-order valence-electron chi connectivity index (χ1n) is 7.88. The number of rotatable bonds is 6. The van der Waals surface area contributed by atoms with Crippen molar-refractivity contribution >= 4 is 56.1 Å². The summed E-state index contributed by atoms with van der Waals surface area (Å²) in [6, 6.07) is 11.9. The van der Waals surface area contributed by atoms with Gasteiger partial charge >= 0.3 is 0 Å². The number of hydrogen-bond donors (Lipinski definition) is 1. The molecule has 11 heteroatoms. The zero-order valence-corrected chi connectivity index (χ0v) is 16.0. The lowest BCUT2D eigenvalue weighted by molar-refractivity contribution is -0.384. The quantitative estimate of drug-likeness (QED) is 0.192. The first-order chi connectivity index (χ1) is 13.9. The highest BCUT2D eigenvalue weighted by Crippen LogP contribution is 2.32. The maximum atomic E-state index is 12.5. The second-order valence-electron chi connectivity index (χ2n) is 5.50. The predicted molar refractivity (Wildman–Crippen MR) is 107 cm³/mol. The highest BCUT2D eigenvalue weighted by Gasteiger charge is 2.14. The molecule has 7 nitrogen and oxygen atoms in total. The molecule has 0 aliphatic carbocycles. The number of nitrogens with one attached hydrogen (secondary N) is 1. The van der Waals surface area contributed by atoms with E-state index in [1.807, 2.05) is 0 Å². The van der Waals surface area contributed by atoms with E-state index in [9.17, 15) is 29.0 Å². The number of non-ortho nitro benzene ring substituents is 1. The van der Waals surface area contributed by atoms with Crippen molar-refractivity contribution in [3.63, 3.8) is 0 Å². The number of thiazole rings is 1. The first-order valence-corrected chi connectivity index (χ1v) is 9.58. The van der Waals surface area contributed by atoms with E-state index in [-0.39, 0.29) is 16.4 Å². The number of aromatic nitrogens is 1. The monoisotopic (exact) mass is 432 g/mol. The van der Waals surface area contributed by atoms with Gasteiger partial charge in [0.15, 0.2) is 5.13 Å². The molecule has 0 bridgehead atoms. The number of alkyl halides is 2. The van der Waals surface area contributed by atoms with Gasteiger partial charge in [0.2, 0.25) is 0 Å². The molecule has 0 saturated heterocycles. The lowest BCUT2D eigenvalue weighted by Gasteiger charge is -2.00. The summed E-state index contributed by atoms with van der Waals surface area (Å²) in [6.45, 7) is 0. The molecule has 146 valence electrons. The number of nitro groups is 1. The molecule has 0 atom stereocenters. The zero-order valence-electron chi connectivity index (χ0n) is 14.3. The SMILES string of the molecule is N#CC(=Cc1cccc([N+](=O)[O-])c1)C(=O)Nc1nc2ccc(SC(F)F)cc2s1. The number of benzene rings is 2. The number of carbonyl (C=O) groups is 1. The second kappa shape index (κ2) is 8.76. The van der Waals surface area contributed by atoms with Crippen LogP contribution in [0.4, 0.5) is 19.6 Å².